The minimum absolute atomic E-state index is 0.177. The number of thiol groups is 1. The lowest BCUT2D eigenvalue weighted by atomic mass is 10.1. The van der Waals surface area contributed by atoms with E-state index in [0.29, 0.717) is 0 Å². The second-order valence-corrected chi connectivity index (χ2v) is 3.91. The van der Waals surface area contributed by atoms with Crippen LogP contribution in [0.1, 0.15) is 6.42 Å². The third-order valence-corrected chi connectivity index (χ3v) is 2.45. The summed E-state index contributed by atoms with van der Waals surface area (Å²) in [6.45, 7) is 0. The van der Waals surface area contributed by atoms with E-state index in [9.17, 15) is 4.79 Å². The molecule has 0 aliphatic heterocycles. The van der Waals surface area contributed by atoms with Gasteiger partial charge in [0.1, 0.15) is 0 Å². The van der Waals surface area contributed by atoms with Crippen LogP contribution in [0.3, 0.4) is 0 Å². The normalized spacial score (nSPS) is 11.1. The molecule has 0 saturated heterocycles. The Kier molecular flexibility index (Phi) is 3.37. The van der Waals surface area contributed by atoms with Gasteiger partial charge in [-0.3, -0.25) is 9.79 Å². The largest absolute Gasteiger partial charge is 0.287 e. The Morgan fingerprint density at radius 3 is 2.75 bits per heavy atom. The van der Waals surface area contributed by atoms with Crippen LogP contribution in [-0.4, -0.2) is 11.3 Å². The number of rotatable bonds is 3. The van der Waals surface area contributed by atoms with E-state index >= 15 is 0 Å². The SMILES string of the molecule is O=C(S)CC=Nc1cccc2ccccc12. The van der Waals surface area contributed by atoms with Gasteiger partial charge in [0.25, 0.3) is 0 Å². The van der Waals surface area contributed by atoms with E-state index in [1.165, 1.54) is 0 Å². The molecule has 2 nitrogen and oxygen atoms in total. The van der Waals surface area contributed by atoms with Crippen molar-refractivity contribution in [1.82, 2.24) is 0 Å². The van der Waals surface area contributed by atoms with Gasteiger partial charge < -0.3 is 0 Å². The lowest BCUT2D eigenvalue weighted by molar-refractivity contribution is -0.109. The van der Waals surface area contributed by atoms with Crippen molar-refractivity contribution in [2.45, 2.75) is 6.42 Å². The van der Waals surface area contributed by atoms with Crippen molar-refractivity contribution in [2.24, 2.45) is 4.99 Å². The summed E-state index contributed by atoms with van der Waals surface area (Å²) in [6.07, 6.45) is 1.85. The fourth-order valence-electron chi connectivity index (χ4n) is 1.54. The van der Waals surface area contributed by atoms with Gasteiger partial charge in [0.05, 0.1) is 12.1 Å². The summed E-state index contributed by atoms with van der Waals surface area (Å²) in [7, 11) is 0. The Balaban J connectivity index is 2.37. The van der Waals surface area contributed by atoms with Crippen molar-refractivity contribution in [2.75, 3.05) is 0 Å². The van der Waals surface area contributed by atoms with E-state index in [-0.39, 0.29) is 11.5 Å². The first-order chi connectivity index (χ1) is 7.77. The lowest BCUT2D eigenvalue weighted by Crippen LogP contribution is -1.85. The zero-order valence-electron chi connectivity index (χ0n) is 8.63. The molecule has 0 atom stereocenters. The maximum absolute atomic E-state index is 10.7. The molecule has 2 aromatic carbocycles. The molecule has 2 aromatic rings. The predicted octanol–water partition coefficient (Wildman–Crippen LogP) is 3.39. The first-order valence-electron chi connectivity index (χ1n) is 4.99. The molecule has 0 heterocycles. The van der Waals surface area contributed by atoms with Crippen molar-refractivity contribution < 1.29 is 4.79 Å². The maximum atomic E-state index is 10.7. The Morgan fingerprint density at radius 2 is 1.94 bits per heavy atom. The molecule has 0 radical (unpaired) electrons. The number of benzene rings is 2. The Labute approximate surface area is 99.4 Å². The predicted molar refractivity (Wildman–Crippen MR) is 70.7 cm³/mol. The molecular weight excluding hydrogens is 218 g/mol. The summed E-state index contributed by atoms with van der Waals surface area (Å²) in [5.74, 6) is 0. The van der Waals surface area contributed by atoms with Gasteiger partial charge >= 0.3 is 0 Å². The summed E-state index contributed by atoms with van der Waals surface area (Å²) >= 11 is 3.69. The highest BCUT2D eigenvalue weighted by Gasteiger charge is 1.97. The van der Waals surface area contributed by atoms with E-state index < -0.39 is 0 Å². The molecule has 0 aliphatic rings. The Hall–Kier alpha value is -1.61. The highest BCUT2D eigenvalue weighted by atomic mass is 32.1. The van der Waals surface area contributed by atoms with Crippen LogP contribution in [-0.2, 0) is 4.79 Å². The first-order valence-corrected chi connectivity index (χ1v) is 5.44. The number of nitrogens with zero attached hydrogens (tertiary/aromatic N) is 1. The summed E-state index contributed by atoms with van der Waals surface area (Å²) in [6, 6.07) is 14.0. The molecule has 16 heavy (non-hydrogen) atoms. The van der Waals surface area contributed by atoms with Gasteiger partial charge in [-0.15, -0.1) is 12.6 Å². The highest BCUT2D eigenvalue weighted by molar-refractivity contribution is 7.96. The number of carbonyl (C=O) groups is 1. The second kappa shape index (κ2) is 4.94. The van der Waals surface area contributed by atoms with Crippen LogP contribution in [0.2, 0.25) is 0 Å². The third kappa shape index (κ3) is 2.49. The number of hydrogen-bond acceptors (Lipinski definition) is 2. The van der Waals surface area contributed by atoms with Crippen LogP contribution in [0.15, 0.2) is 47.5 Å². The zero-order chi connectivity index (χ0) is 11.4. The van der Waals surface area contributed by atoms with Crippen molar-refractivity contribution in [3.05, 3.63) is 42.5 Å². The molecule has 0 bridgehead atoms. The van der Waals surface area contributed by atoms with Gasteiger partial charge in [-0.25, -0.2) is 0 Å². The van der Waals surface area contributed by atoms with Crippen LogP contribution < -0.4 is 0 Å². The molecule has 0 unspecified atom stereocenters. The number of aliphatic imine (C=N–C) groups is 1. The van der Waals surface area contributed by atoms with E-state index in [1.54, 1.807) is 6.21 Å². The molecule has 0 spiro atoms. The smallest absolute Gasteiger partial charge is 0.191 e. The van der Waals surface area contributed by atoms with Crippen LogP contribution in [0.4, 0.5) is 5.69 Å². The Bertz CT molecular complexity index is 543. The Morgan fingerprint density at radius 1 is 1.19 bits per heavy atom. The first kappa shape index (κ1) is 10.9. The van der Waals surface area contributed by atoms with Crippen LogP contribution in [0, 0.1) is 0 Å². The van der Waals surface area contributed by atoms with Crippen molar-refractivity contribution in [1.29, 1.82) is 0 Å². The van der Waals surface area contributed by atoms with Gasteiger partial charge in [0.2, 0.25) is 0 Å². The van der Waals surface area contributed by atoms with E-state index in [0.717, 1.165) is 16.5 Å². The molecule has 0 N–H and O–H groups in total. The highest BCUT2D eigenvalue weighted by Crippen LogP contribution is 2.25. The summed E-state index contributed by atoms with van der Waals surface area (Å²) in [5, 5.41) is 2.06. The molecular formula is C13H11NOS. The molecule has 80 valence electrons. The average Bonchev–Trinajstić information content (AvgIpc) is 2.29. The third-order valence-electron chi connectivity index (χ3n) is 2.26. The molecule has 0 fully saturated rings. The van der Waals surface area contributed by atoms with Gasteiger partial charge in [-0.2, -0.15) is 0 Å². The van der Waals surface area contributed by atoms with Crippen molar-refractivity contribution >= 4 is 40.4 Å². The molecule has 2 rings (SSSR count). The standard InChI is InChI=1S/C13H11NOS/c15-13(16)8-9-14-12-7-3-5-10-4-1-2-6-11(10)12/h1-7,9H,8H2,(H,15,16). The van der Waals surface area contributed by atoms with E-state index in [1.807, 2.05) is 42.5 Å². The number of fused-ring (bicyclic) bond motifs is 1. The fraction of sp³-hybridized carbons (Fsp3) is 0.0769. The molecule has 0 aliphatic carbocycles. The van der Waals surface area contributed by atoms with Gasteiger partial charge in [0.15, 0.2) is 5.12 Å². The molecule has 0 amide bonds. The van der Waals surface area contributed by atoms with E-state index in [4.69, 9.17) is 0 Å². The van der Waals surface area contributed by atoms with E-state index in [2.05, 4.69) is 17.6 Å². The lowest BCUT2D eigenvalue weighted by Gasteiger charge is -2.00. The number of carbonyl (C=O) groups excluding carboxylic acids is 1. The summed E-state index contributed by atoms with van der Waals surface area (Å²) < 4.78 is 0. The van der Waals surface area contributed by atoms with Crippen molar-refractivity contribution in [3.63, 3.8) is 0 Å². The monoisotopic (exact) mass is 229 g/mol. The minimum Gasteiger partial charge on any atom is -0.287 e. The average molecular weight is 229 g/mol. The minimum atomic E-state index is -0.177. The fourth-order valence-corrected chi connectivity index (χ4v) is 1.62. The topological polar surface area (TPSA) is 29.4 Å². The molecule has 3 heteroatoms. The molecule has 0 saturated carbocycles. The second-order valence-electron chi connectivity index (χ2n) is 3.41. The van der Waals surface area contributed by atoms with Gasteiger partial charge in [-0.1, -0.05) is 36.4 Å². The van der Waals surface area contributed by atoms with Crippen LogP contribution >= 0.6 is 12.6 Å². The quantitative estimate of drug-likeness (QED) is 0.634. The van der Waals surface area contributed by atoms with Crippen LogP contribution in [0.25, 0.3) is 10.8 Å². The maximum Gasteiger partial charge on any atom is 0.191 e. The van der Waals surface area contributed by atoms with Gasteiger partial charge in [0, 0.05) is 11.6 Å². The zero-order valence-corrected chi connectivity index (χ0v) is 9.52. The van der Waals surface area contributed by atoms with Gasteiger partial charge in [-0.05, 0) is 11.5 Å². The molecule has 0 aromatic heterocycles. The van der Waals surface area contributed by atoms with Crippen molar-refractivity contribution in [3.8, 4) is 0 Å². The number of hydrogen-bond donors (Lipinski definition) is 1. The summed E-state index contributed by atoms with van der Waals surface area (Å²) in [4.78, 5) is 15.0. The van der Waals surface area contributed by atoms with Crippen LogP contribution in [0.5, 0.6) is 0 Å². The summed E-state index contributed by atoms with van der Waals surface area (Å²) in [5.41, 5.74) is 0.882.